The van der Waals surface area contributed by atoms with Crippen LogP contribution < -0.4 is 4.74 Å². The van der Waals surface area contributed by atoms with Crippen LogP contribution in [-0.2, 0) is 5.41 Å². The van der Waals surface area contributed by atoms with Gasteiger partial charge in [-0.2, -0.15) is 0 Å². The number of thiophene rings is 1. The average Bonchev–Trinajstić information content (AvgIpc) is 2.57. The highest BCUT2D eigenvalue weighted by atomic mass is 32.1. The summed E-state index contributed by atoms with van der Waals surface area (Å²) in [5.74, 6) is -0.653. The Bertz CT molecular complexity index is 401. The van der Waals surface area contributed by atoms with E-state index in [2.05, 4.69) is 0 Å². The molecule has 5 heteroatoms. The summed E-state index contributed by atoms with van der Waals surface area (Å²) < 4.78 is 5.32. The summed E-state index contributed by atoms with van der Waals surface area (Å²) in [5, 5.41) is 18.2. The van der Waals surface area contributed by atoms with E-state index in [-0.39, 0.29) is 16.9 Å². The van der Waals surface area contributed by atoms with E-state index in [4.69, 9.17) is 14.9 Å². The number of carboxylic acid groups (broad SMARTS) is 1. The first kappa shape index (κ1) is 14.0. The molecule has 1 aromatic heterocycles. The second kappa shape index (κ2) is 5.06. The summed E-state index contributed by atoms with van der Waals surface area (Å²) >= 11 is 1.22. The Balaban J connectivity index is 3.02. The van der Waals surface area contributed by atoms with Gasteiger partial charge in [-0.05, 0) is 18.4 Å². The molecule has 0 spiro atoms. The molecule has 2 N–H and O–H groups in total. The lowest BCUT2D eigenvalue weighted by Crippen LogP contribution is -2.13. The fraction of sp³-hybridized carbons (Fsp3) is 0.583. The second-order valence-corrected chi connectivity index (χ2v) is 6.07. The SMILES string of the molecule is CC(O)COc1cc(C(C)(C)C)sc1C(=O)O. The molecular weight excluding hydrogens is 240 g/mol. The first-order valence-electron chi connectivity index (χ1n) is 5.40. The van der Waals surface area contributed by atoms with Gasteiger partial charge in [0.25, 0.3) is 0 Å². The number of carboxylic acids is 1. The van der Waals surface area contributed by atoms with E-state index in [0.717, 1.165) is 4.88 Å². The van der Waals surface area contributed by atoms with Gasteiger partial charge < -0.3 is 14.9 Å². The first-order valence-corrected chi connectivity index (χ1v) is 6.22. The number of rotatable bonds is 4. The maximum absolute atomic E-state index is 11.1. The Morgan fingerprint density at radius 3 is 2.53 bits per heavy atom. The van der Waals surface area contributed by atoms with E-state index in [1.165, 1.54) is 11.3 Å². The summed E-state index contributed by atoms with van der Waals surface area (Å²) in [6, 6.07) is 1.75. The molecule has 17 heavy (non-hydrogen) atoms. The zero-order valence-corrected chi connectivity index (χ0v) is 11.3. The molecule has 1 unspecified atom stereocenters. The van der Waals surface area contributed by atoms with Crippen molar-refractivity contribution in [3.05, 3.63) is 15.8 Å². The largest absolute Gasteiger partial charge is 0.489 e. The molecule has 0 amide bonds. The Morgan fingerprint density at radius 2 is 2.12 bits per heavy atom. The minimum Gasteiger partial charge on any atom is -0.489 e. The standard InChI is InChI=1S/C12H18O4S/c1-7(13)6-16-8-5-9(12(2,3)4)17-10(8)11(14)15/h5,7,13H,6H2,1-4H3,(H,14,15). The highest BCUT2D eigenvalue weighted by Gasteiger charge is 2.23. The van der Waals surface area contributed by atoms with E-state index in [0.29, 0.717) is 5.75 Å². The highest BCUT2D eigenvalue weighted by Crippen LogP contribution is 2.36. The zero-order valence-electron chi connectivity index (χ0n) is 10.5. The van der Waals surface area contributed by atoms with Crippen molar-refractivity contribution in [2.24, 2.45) is 0 Å². The molecule has 0 fully saturated rings. The molecule has 4 nitrogen and oxygen atoms in total. The maximum atomic E-state index is 11.1. The molecule has 1 atom stereocenters. The third-order valence-electron chi connectivity index (χ3n) is 2.11. The lowest BCUT2D eigenvalue weighted by Gasteiger charge is -2.15. The number of carbonyl (C=O) groups is 1. The predicted molar refractivity (Wildman–Crippen MR) is 67.2 cm³/mol. The van der Waals surface area contributed by atoms with Gasteiger partial charge in [0.1, 0.15) is 12.4 Å². The van der Waals surface area contributed by atoms with Crippen LogP contribution in [0.1, 0.15) is 42.2 Å². The summed E-state index contributed by atoms with van der Waals surface area (Å²) in [6.45, 7) is 7.74. The molecule has 1 rings (SSSR count). The molecule has 0 saturated carbocycles. The third kappa shape index (κ3) is 3.71. The minimum absolute atomic E-state index is 0.0978. The van der Waals surface area contributed by atoms with E-state index >= 15 is 0 Å². The van der Waals surface area contributed by atoms with E-state index in [9.17, 15) is 4.79 Å². The van der Waals surface area contributed by atoms with Crippen molar-refractivity contribution in [2.45, 2.75) is 39.2 Å². The summed E-state index contributed by atoms with van der Waals surface area (Å²) in [5.41, 5.74) is -0.110. The number of aromatic carboxylic acids is 1. The number of ether oxygens (including phenoxy) is 1. The van der Waals surface area contributed by atoms with Crippen LogP contribution in [0.2, 0.25) is 0 Å². The third-order valence-corrected chi connectivity index (χ3v) is 3.64. The molecule has 1 aromatic rings. The quantitative estimate of drug-likeness (QED) is 0.870. The van der Waals surface area contributed by atoms with Gasteiger partial charge in [0, 0.05) is 4.88 Å². The van der Waals surface area contributed by atoms with Gasteiger partial charge in [-0.1, -0.05) is 20.8 Å². The molecule has 0 aromatic carbocycles. The fourth-order valence-corrected chi connectivity index (χ4v) is 2.21. The predicted octanol–water partition coefficient (Wildman–Crippen LogP) is 2.50. The van der Waals surface area contributed by atoms with Gasteiger partial charge in [-0.25, -0.2) is 4.79 Å². The molecule has 1 heterocycles. The molecule has 0 radical (unpaired) electrons. The van der Waals surface area contributed by atoms with Crippen molar-refractivity contribution in [3.8, 4) is 5.75 Å². The fourth-order valence-electron chi connectivity index (χ4n) is 1.21. The van der Waals surface area contributed by atoms with Gasteiger partial charge in [-0.15, -0.1) is 11.3 Å². The molecule has 0 saturated heterocycles. The van der Waals surface area contributed by atoms with Crippen LogP contribution >= 0.6 is 11.3 Å². The van der Waals surface area contributed by atoms with Gasteiger partial charge in [0.15, 0.2) is 4.88 Å². The molecule has 0 bridgehead atoms. The molecule has 0 aliphatic rings. The average molecular weight is 258 g/mol. The van der Waals surface area contributed by atoms with Crippen LogP contribution in [0.3, 0.4) is 0 Å². The van der Waals surface area contributed by atoms with E-state index in [1.807, 2.05) is 20.8 Å². The maximum Gasteiger partial charge on any atom is 0.349 e. The topological polar surface area (TPSA) is 66.8 Å². The second-order valence-electron chi connectivity index (χ2n) is 5.02. The number of aliphatic hydroxyl groups excluding tert-OH is 1. The Kier molecular flexibility index (Phi) is 4.16. The summed E-state index contributed by atoms with van der Waals surface area (Å²) in [4.78, 5) is 12.2. The zero-order chi connectivity index (χ0) is 13.2. The highest BCUT2D eigenvalue weighted by molar-refractivity contribution is 7.14. The van der Waals surface area contributed by atoms with Crippen LogP contribution in [0.15, 0.2) is 6.07 Å². The van der Waals surface area contributed by atoms with Crippen molar-refractivity contribution in [2.75, 3.05) is 6.61 Å². The number of hydrogen-bond acceptors (Lipinski definition) is 4. The number of hydrogen-bond donors (Lipinski definition) is 2. The molecule has 96 valence electrons. The van der Waals surface area contributed by atoms with E-state index in [1.54, 1.807) is 13.0 Å². The van der Waals surface area contributed by atoms with Crippen LogP contribution in [-0.4, -0.2) is 28.9 Å². The monoisotopic (exact) mass is 258 g/mol. The normalized spacial score (nSPS) is 13.5. The molecule has 0 aliphatic carbocycles. The van der Waals surface area contributed by atoms with Crippen molar-refractivity contribution in [1.29, 1.82) is 0 Å². The Morgan fingerprint density at radius 1 is 1.53 bits per heavy atom. The summed E-state index contributed by atoms with van der Waals surface area (Å²) in [6.07, 6.45) is -0.616. The van der Waals surface area contributed by atoms with Crippen molar-refractivity contribution >= 4 is 17.3 Å². The molecule has 0 aliphatic heterocycles. The Hall–Kier alpha value is -1.07. The van der Waals surface area contributed by atoms with Crippen molar-refractivity contribution in [3.63, 3.8) is 0 Å². The van der Waals surface area contributed by atoms with Crippen LogP contribution in [0.4, 0.5) is 0 Å². The lowest BCUT2D eigenvalue weighted by molar-refractivity contribution is 0.0692. The Labute approximate surface area is 105 Å². The van der Waals surface area contributed by atoms with Crippen molar-refractivity contribution in [1.82, 2.24) is 0 Å². The van der Waals surface area contributed by atoms with E-state index < -0.39 is 12.1 Å². The summed E-state index contributed by atoms with van der Waals surface area (Å²) in [7, 11) is 0. The lowest BCUT2D eigenvalue weighted by atomic mass is 9.95. The van der Waals surface area contributed by atoms with Gasteiger partial charge in [0.2, 0.25) is 0 Å². The minimum atomic E-state index is -0.994. The van der Waals surface area contributed by atoms with Gasteiger partial charge >= 0.3 is 5.97 Å². The van der Waals surface area contributed by atoms with Crippen LogP contribution in [0.25, 0.3) is 0 Å². The van der Waals surface area contributed by atoms with Crippen LogP contribution in [0.5, 0.6) is 5.75 Å². The number of aliphatic hydroxyl groups is 1. The van der Waals surface area contributed by atoms with Crippen LogP contribution in [0, 0.1) is 0 Å². The first-order chi connectivity index (χ1) is 7.71. The molecular formula is C12H18O4S. The van der Waals surface area contributed by atoms with Crippen molar-refractivity contribution < 1.29 is 19.7 Å². The van der Waals surface area contributed by atoms with Gasteiger partial charge in [-0.3, -0.25) is 0 Å². The smallest absolute Gasteiger partial charge is 0.349 e. The van der Waals surface area contributed by atoms with Gasteiger partial charge in [0.05, 0.1) is 6.10 Å².